The molecule has 0 fully saturated rings. The molecule has 3 rings (SSSR count). The quantitative estimate of drug-likeness (QED) is 0.698. The summed E-state index contributed by atoms with van der Waals surface area (Å²) in [6.45, 7) is 2.99. The first-order valence-corrected chi connectivity index (χ1v) is 5.95. The minimum Gasteiger partial charge on any atom is -0.399 e. The second kappa shape index (κ2) is 4.14. The molecule has 2 aromatic heterocycles. The van der Waals surface area contributed by atoms with Gasteiger partial charge in [0, 0.05) is 24.0 Å². The first-order valence-electron chi connectivity index (χ1n) is 5.95. The number of nitrogen functional groups attached to an aromatic ring is 1. The smallest absolute Gasteiger partial charge is 0.141 e. The number of aromatic nitrogens is 3. The third kappa shape index (κ3) is 1.62. The van der Waals surface area contributed by atoms with Gasteiger partial charge in [0.05, 0.1) is 11.7 Å². The topological polar surface area (TPSA) is 56.7 Å². The molecule has 0 saturated heterocycles. The van der Waals surface area contributed by atoms with Crippen LogP contribution in [-0.2, 0) is 6.54 Å². The van der Waals surface area contributed by atoms with Crippen molar-refractivity contribution < 1.29 is 0 Å². The van der Waals surface area contributed by atoms with Gasteiger partial charge in [0.25, 0.3) is 0 Å². The summed E-state index contributed by atoms with van der Waals surface area (Å²) in [6.07, 6.45) is 3.59. The maximum absolute atomic E-state index is 5.71. The van der Waals surface area contributed by atoms with Crippen LogP contribution < -0.4 is 5.73 Å². The number of nitrogens with two attached hydrogens (primary N) is 1. The third-order valence-electron chi connectivity index (χ3n) is 3.04. The summed E-state index contributed by atoms with van der Waals surface area (Å²) in [5, 5.41) is 0. The Hall–Kier alpha value is -2.36. The van der Waals surface area contributed by atoms with Crippen LogP contribution in [0, 0.1) is 0 Å². The summed E-state index contributed by atoms with van der Waals surface area (Å²) in [6, 6.07) is 9.78. The van der Waals surface area contributed by atoms with Crippen molar-refractivity contribution in [3.63, 3.8) is 0 Å². The number of imidazole rings is 1. The Balaban J connectivity index is 2.25. The van der Waals surface area contributed by atoms with Gasteiger partial charge >= 0.3 is 0 Å². The molecule has 0 aliphatic carbocycles. The minimum absolute atomic E-state index is 0.763. The van der Waals surface area contributed by atoms with Gasteiger partial charge in [-0.15, -0.1) is 0 Å². The Morgan fingerprint density at radius 3 is 2.67 bits per heavy atom. The molecule has 3 aromatic rings. The fraction of sp³-hybridized carbons (Fsp3) is 0.143. The van der Waals surface area contributed by atoms with E-state index in [0.29, 0.717) is 0 Å². The minimum atomic E-state index is 0.763. The molecule has 0 unspecified atom stereocenters. The predicted octanol–water partition coefficient (Wildman–Crippen LogP) is 2.70. The summed E-state index contributed by atoms with van der Waals surface area (Å²) in [5.41, 5.74) is 9.58. The summed E-state index contributed by atoms with van der Waals surface area (Å²) in [5.74, 6) is 0.959. The molecular weight excluding hydrogens is 224 g/mol. The van der Waals surface area contributed by atoms with Crippen molar-refractivity contribution in [3.05, 3.63) is 42.7 Å². The summed E-state index contributed by atoms with van der Waals surface area (Å²) < 4.78 is 2.18. The van der Waals surface area contributed by atoms with Crippen LogP contribution in [0.3, 0.4) is 0 Å². The van der Waals surface area contributed by atoms with Crippen LogP contribution in [0.25, 0.3) is 22.4 Å². The van der Waals surface area contributed by atoms with Crippen LogP contribution >= 0.6 is 0 Å². The lowest BCUT2D eigenvalue weighted by atomic mass is 10.2. The fourth-order valence-corrected chi connectivity index (χ4v) is 2.15. The molecule has 4 nitrogen and oxygen atoms in total. The molecule has 4 heteroatoms. The van der Waals surface area contributed by atoms with Crippen molar-refractivity contribution in [3.8, 4) is 11.4 Å². The van der Waals surface area contributed by atoms with Gasteiger partial charge in [-0.2, -0.15) is 0 Å². The van der Waals surface area contributed by atoms with E-state index in [1.54, 1.807) is 12.4 Å². The normalized spacial score (nSPS) is 10.9. The third-order valence-corrected chi connectivity index (χ3v) is 3.04. The van der Waals surface area contributed by atoms with Crippen LogP contribution in [0.4, 0.5) is 5.69 Å². The molecule has 0 aliphatic heterocycles. The van der Waals surface area contributed by atoms with Crippen molar-refractivity contribution in [2.75, 3.05) is 5.73 Å². The Bertz CT molecular complexity index is 683. The van der Waals surface area contributed by atoms with Crippen LogP contribution in [0.2, 0.25) is 0 Å². The zero-order valence-corrected chi connectivity index (χ0v) is 10.2. The van der Waals surface area contributed by atoms with Gasteiger partial charge in [0.1, 0.15) is 11.3 Å². The molecule has 0 atom stereocenters. The number of hydrogen-bond donors (Lipinski definition) is 1. The molecule has 0 amide bonds. The van der Waals surface area contributed by atoms with Gasteiger partial charge in [-0.3, -0.25) is 4.98 Å². The highest BCUT2D eigenvalue weighted by molar-refractivity contribution is 5.79. The van der Waals surface area contributed by atoms with Crippen molar-refractivity contribution >= 4 is 16.7 Å². The SMILES string of the molecule is CCn1c(-c2ccc(N)cc2)nc2cnccc21. The lowest BCUT2D eigenvalue weighted by Gasteiger charge is -2.06. The van der Waals surface area contributed by atoms with Crippen molar-refractivity contribution in [1.82, 2.24) is 14.5 Å². The van der Waals surface area contributed by atoms with E-state index in [1.807, 2.05) is 30.3 Å². The largest absolute Gasteiger partial charge is 0.399 e. The van der Waals surface area contributed by atoms with Crippen LogP contribution in [-0.4, -0.2) is 14.5 Å². The van der Waals surface area contributed by atoms with E-state index < -0.39 is 0 Å². The molecule has 0 aliphatic rings. The Morgan fingerprint density at radius 1 is 1.17 bits per heavy atom. The molecular formula is C14H14N4. The number of nitrogens with zero attached hydrogens (tertiary/aromatic N) is 3. The number of pyridine rings is 1. The zero-order valence-electron chi connectivity index (χ0n) is 10.2. The van der Waals surface area contributed by atoms with E-state index in [2.05, 4.69) is 21.5 Å². The Morgan fingerprint density at radius 2 is 1.94 bits per heavy atom. The van der Waals surface area contributed by atoms with Gasteiger partial charge in [0.2, 0.25) is 0 Å². The average Bonchev–Trinajstić information content (AvgIpc) is 2.78. The standard InChI is InChI=1S/C14H14N4/c1-2-18-13-7-8-16-9-12(13)17-14(18)10-3-5-11(15)6-4-10/h3-9H,2,15H2,1H3. The Kier molecular flexibility index (Phi) is 2.48. The van der Waals surface area contributed by atoms with E-state index in [0.717, 1.165) is 34.7 Å². The highest BCUT2D eigenvalue weighted by atomic mass is 15.1. The zero-order chi connectivity index (χ0) is 12.5. The number of aryl methyl sites for hydroxylation is 1. The second-order valence-electron chi connectivity index (χ2n) is 4.17. The van der Waals surface area contributed by atoms with Crippen LogP contribution in [0.1, 0.15) is 6.92 Å². The van der Waals surface area contributed by atoms with Gasteiger partial charge in [0.15, 0.2) is 0 Å². The molecule has 1 aromatic carbocycles. The van der Waals surface area contributed by atoms with E-state index in [4.69, 9.17) is 5.73 Å². The maximum atomic E-state index is 5.71. The second-order valence-corrected chi connectivity index (χ2v) is 4.17. The van der Waals surface area contributed by atoms with Crippen molar-refractivity contribution in [2.45, 2.75) is 13.5 Å². The lowest BCUT2D eigenvalue weighted by molar-refractivity contribution is 0.796. The molecule has 18 heavy (non-hydrogen) atoms. The van der Waals surface area contributed by atoms with Gasteiger partial charge in [-0.05, 0) is 37.3 Å². The maximum Gasteiger partial charge on any atom is 0.141 e. The lowest BCUT2D eigenvalue weighted by Crippen LogP contribution is -1.97. The first kappa shape index (κ1) is 10.8. The van der Waals surface area contributed by atoms with Crippen LogP contribution in [0.15, 0.2) is 42.7 Å². The van der Waals surface area contributed by atoms with Gasteiger partial charge in [-0.25, -0.2) is 4.98 Å². The average molecular weight is 238 g/mol. The van der Waals surface area contributed by atoms with E-state index >= 15 is 0 Å². The van der Waals surface area contributed by atoms with Gasteiger partial charge in [-0.1, -0.05) is 0 Å². The van der Waals surface area contributed by atoms with E-state index in [1.165, 1.54) is 0 Å². The summed E-state index contributed by atoms with van der Waals surface area (Å²) in [4.78, 5) is 8.76. The molecule has 90 valence electrons. The summed E-state index contributed by atoms with van der Waals surface area (Å²) in [7, 11) is 0. The number of rotatable bonds is 2. The first-order chi connectivity index (χ1) is 8.79. The Labute approximate surface area is 105 Å². The number of anilines is 1. The molecule has 0 saturated carbocycles. The van der Waals surface area contributed by atoms with E-state index in [9.17, 15) is 0 Å². The van der Waals surface area contributed by atoms with Crippen LogP contribution in [0.5, 0.6) is 0 Å². The molecule has 2 N–H and O–H groups in total. The highest BCUT2D eigenvalue weighted by Crippen LogP contribution is 2.24. The highest BCUT2D eigenvalue weighted by Gasteiger charge is 2.10. The molecule has 0 bridgehead atoms. The number of hydrogen-bond acceptors (Lipinski definition) is 3. The van der Waals surface area contributed by atoms with Gasteiger partial charge < -0.3 is 10.3 Å². The summed E-state index contributed by atoms with van der Waals surface area (Å²) >= 11 is 0. The van der Waals surface area contributed by atoms with Crippen molar-refractivity contribution in [1.29, 1.82) is 0 Å². The number of fused-ring (bicyclic) bond motifs is 1. The molecule has 0 spiro atoms. The molecule has 0 radical (unpaired) electrons. The van der Waals surface area contributed by atoms with Crippen molar-refractivity contribution in [2.24, 2.45) is 0 Å². The molecule has 2 heterocycles. The number of benzene rings is 1. The monoisotopic (exact) mass is 238 g/mol. The van der Waals surface area contributed by atoms with E-state index in [-0.39, 0.29) is 0 Å². The fourth-order valence-electron chi connectivity index (χ4n) is 2.15. The predicted molar refractivity (Wildman–Crippen MR) is 73.1 cm³/mol.